The zero-order valence-corrected chi connectivity index (χ0v) is 16.6. The Hall–Kier alpha value is -2.58. The number of non-ortho nitro benzene ring substituents is 1. The van der Waals surface area contributed by atoms with Gasteiger partial charge in [0.15, 0.2) is 6.04 Å². The molecule has 0 saturated heterocycles. The van der Waals surface area contributed by atoms with Gasteiger partial charge in [0, 0.05) is 22.6 Å². The van der Waals surface area contributed by atoms with Crippen LogP contribution in [0.25, 0.3) is 0 Å². The number of ether oxygens (including phenoxy) is 1. The monoisotopic (exact) mass is 390 g/mol. The van der Waals surface area contributed by atoms with Crippen molar-refractivity contribution in [2.75, 3.05) is 25.7 Å². The molecule has 7 nitrogen and oxygen atoms in total. The number of carbonyl (C=O) groups is 1. The predicted octanol–water partition coefficient (Wildman–Crippen LogP) is 2.37. The quantitative estimate of drug-likeness (QED) is 0.411. The molecule has 1 unspecified atom stereocenters. The van der Waals surface area contributed by atoms with Crippen LogP contribution >= 0.6 is 11.8 Å². The summed E-state index contributed by atoms with van der Waals surface area (Å²) in [6.07, 6.45) is 2.03. The fraction of sp³-hybridized carbons (Fsp3) is 0.316. The van der Waals surface area contributed by atoms with E-state index in [-0.39, 0.29) is 17.6 Å². The highest BCUT2D eigenvalue weighted by Gasteiger charge is 2.24. The molecule has 2 aromatic rings. The number of nitrogens with one attached hydrogen (secondary N) is 2. The summed E-state index contributed by atoms with van der Waals surface area (Å²) in [4.78, 5) is 25.3. The van der Waals surface area contributed by atoms with Crippen LogP contribution in [0.2, 0.25) is 0 Å². The Morgan fingerprint density at radius 3 is 2.52 bits per heavy atom. The lowest BCUT2D eigenvalue weighted by Gasteiger charge is -2.21. The van der Waals surface area contributed by atoms with Crippen molar-refractivity contribution < 1.29 is 19.4 Å². The van der Waals surface area contributed by atoms with Gasteiger partial charge in [-0.2, -0.15) is 0 Å². The Balaban J connectivity index is 2.07. The number of nitro benzene ring substituents is 1. The SMILES string of the molecule is COc1ccc([N+](=O)[O-])cc1NC(=O)[C@H](C)[NH+](C)Cc1ccc(SC)cc1. The number of hydrogen-bond acceptors (Lipinski definition) is 5. The molecule has 0 spiro atoms. The average molecular weight is 390 g/mol. The second-order valence-corrected chi connectivity index (χ2v) is 7.10. The molecule has 2 N–H and O–H groups in total. The number of nitrogens with zero attached hydrogens (tertiary/aromatic N) is 1. The Labute approximate surface area is 162 Å². The number of quaternary nitrogens is 1. The van der Waals surface area contributed by atoms with Crippen molar-refractivity contribution in [2.24, 2.45) is 0 Å². The lowest BCUT2D eigenvalue weighted by molar-refractivity contribution is -0.907. The molecule has 0 aliphatic heterocycles. The Morgan fingerprint density at radius 2 is 1.96 bits per heavy atom. The van der Waals surface area contributed by atoms with Crippen LogP contribution in [-0.4, -0.2) is 37.3 Å². The van der Waals surface area contributed by atoms with Crippen LogP contribution in [0.4, 0.5) is 11.4 Å². The van der Waals surface area contributed by atoms with Gasteiger partial charge in [-0.25, -0.2) is 0 Å². The fourth-order valence-corrected chi connectivity index (χ4v) is 3.00. The van der Waals surface area contributed by atoms with E-state index in [4.69, 9.17) is 4.74 Å². The van der Waals surface area contributed by atoms with E-state index in [2.05, 4.69) is 29.6 Å². The van der Waals surface area contributed by atoms with E-state index in [1.54, 1.807) is 11.8 Å². The molecule has 0 aliphatic carbocycles. The Morgan fingerprint density at radius 1 is 1.30 bits per heavy atom. The molecule has 2 atom stereocenters. The number of benzene rings is 2. The minimum atomic E-state index is -0.506. The number of anilines is 1. The van der Waals surface area contributed by atoms with Gasteiger partial charge in [-0.3, -0.25) is 14.9 Å². The smallest absolute Gasteiger partial charge is 0.282 e. The maximum atomic E-state index is 12.6. The summed E-state index contributed by atoms with van der Waals surface area (Å²) >= 11 is 1.68. The maximum absolute atomic E-state index is 12.6. The molecule has 0 fully saturated rings. The van der Waals surface area contributed by atoms with E-state index in [1.807, 2.05) is 20.2 Å². The van der Waals surface area contributed by atoms with Crippen LogP contribution in [0, 0.1) is 10.1 Å². The van der Waals surface area contributed by atoms with Crippen LogP contribution in [0.15, 0.2) is 47.4 Å². The van der Waals surface area contributed by atoms with Gasteiger partial charge in [0.2, 0.25) is 0 Å². The maximum Gasteiger partial charge on any atom is 0.282 e. The van der Waals surface area contributed by atoms with Crippen molar-refractivity contribution in [3.05, 3.63) is 58.1 Å². The topological polar surface area (TPSA) is 85.9 Å². The van der Waals surface area contributed by atoms with Crippen molar-refractivity contribution >= 4 is 29.0 Å². The second-order valence-electron chi connectivity index (χ2n) is 6.22. The number of likely N-dealkylation sites (N-methyl/N-ethyl adjacent to an activating group) is 1. The molecule has 0 saturated carbocycles. The summed E-state index contributed by atoms with van der Waals surface area (Å²) in [5, 5.41) is 13.7. The molecule has 1 amide bonds. The van der Waals surface area contributed by atoms with Gasteiger partial charge in [0.05, 0.1) is 24.8 Å². The van der Waals surface area contributed by atoms with E-state index in [0.29, 0.717) is 18.0 Å². The van der Waals surface area contributed by atoms with Crippen molar-refractivity contribution in [3.8, 4) is 5.75 Å². The van der Waals surface area contributed by atoms with E-state index in [9.17, 15) is 14.9 Å². The minimum absolute atomic E-state index is 0.103. The third-order valence-corrected chi connectivity index (χ3v) is 5.17. The molecule has 2 rings (SSSR count). The lowest BCUT2D eigenvalue weighted by atomic mass is 10.2. The molecule has 2 aromatic carbocycles. The van der Waals surface area contributed by atoms with Gasteiger partial charge < -0.3 is 15.0 Å². The van der Waals surface area contributed by atoms with Crippen molar-refractivity contribution in [1.29, 1.82) is 0 Å². The summed E-state index contributed by atoms with van der Waals surface area (Å²) < 4.78 is 5.19. The Bertz CT molecular complexity index is 811. The standard InChI is InChI=1S/C19H23N3O4S/c1-13(21(2)12-14-5-8-16(27-4)9-6-14)19(23)20-17-11-15(22(24)25)7-10-18(17)26-3/h5-11,13H,12H2,1-4H3,(H,20,23)/p+1/t13-/m0/s1. The van der Waals surface area contributed by atoms with Gasteiger partial charge in [-0.1, -0.05) is 12.1 Å². The van der Waals surface area contributed by atoms with Gasteiger partial charge in [0.1, 0.15) is 12.3 Å². The molecular weight excluding hydrogens is 366 g/mol. The lowest BCUT2D eigenvalue weighted by Crippen LogP contribution is -3.12. The molecule has 27 heavy (non-hydrogen) atoms. The number of amides is 1. The molecule has 0 heterocycles. The van der Waals surface area contributed by atoms with E-state index < -0.39 is 4.92 Å². The van der Waals surface area contributed by atoms with Crippen LogP contribution in [-0.2, 0) is 11.3 Å². The molecule has 0 aliphatic rings. The normalized spacial score (nSPS) is 12.9. The number of methoxy groups -OCH3 is 1. The average Bonchev–Trinajstić information content (AvgIpc) is 2.67. The molecule has 0 bridgehead atoms. The molecule has 0 radical (unpaired) electrons. The third kappa shape index (κ3) is 5.45. The molecule has 0 aromatic heterocycles. The second kappa shape index (κ2) is 9.38. The first kappa shape index (κ1) is 20.7. The molecule has 8 heteroatoms. The van der Waals surface area contributed by atoms with Gasteiger partial charge in [-0.05, 0) is 31.4 Å². The Kier molecular flexibility index (Phi) is 7.20. The van der Waals surface area contributed by atoms with E-state index >= 15 is 0 Å². The van der Waals surface area contributed by atoms with Crippen LogP contribution in [0.1, 0.15) is 12.5 Å². The summed E-state index contributed by atoms with van der Waals surface area (Å²) in [6.45, 7) is 2.51. The van der Waals surface area contributed by atoms with Gasteiger partial charge in [-0.15, -0.1) is 11.8 Å². The van der Waals surface area contributed by atoms with Crippen LogP contribution in [0.5, 0.6) is 5.75 Å². The summed E-state index contributed by atoms with van der Waals surface area (Å²) in [5.74, 6) is 0.151. The summed E-state index contributed by atoms with van der Waals surface area (Å²) in [5.41, 5.74) is 1.33. The van der Waals surface area contributed by atoms with Crippen molar-refractivity contribution in [1.82, 2.24) is 0 Å². The van der Waals surface area contributed by atoms with E-state index in [1.165, 1.54) is 30.2 Å². The zero-order chi connectivity index (χ0) is 20.0. The van der Waals surface area contributed by atoms with E-state index in [0.717, 1.165) is 10.5 Å². The largest absolute Gasteiger partial charge is 0.495 e. The number of thioether (sulfide) groups is 1. The number of rotatable bonds is 8. The summed E-state index contributed by atoms with van der Waals surface area (Å²) in [7, 11) is 3.40. The summed E-state index contributed by atoms with van der Waals surface area (Å²) in [6, 6.07) is 12.0. The highest BCUT2D eigenvalue weighted by Crippen LogP contribution is 2.28. The fourth-order valence-electron chi connectivity index (χ4n) is 2.59. The minimum Gasteiger partial charge on any atom is -0.495 e. The number of nitro groups is 1. The third-order valence-electron chi connectivity index (χ3n) is 4.43. The number of carbonyl (C=O) groups excluding carboxylic acids is 1. The first-order valence-electron chi connectivity index (χ1n) is 8.44. The molecular formula is C19H24N3O4S+. The van der Waals surface area contributed by atoms with Gasteiger partial charge >= 0.3 is 0 Å². The number of hydrogen-bond donors (Lipinski definition) is 2. The van der Waals surface area contributed by atoms with Crippen LogP contribution < -0.4 is 15.0 Å². The first-order valence-corrected chi connectivity index (χ1v) is 9.66. The van der Waals surface area contributed by atoms with Crippen molar-refractivity contribution in [3.63, 3.8) is 0 Å². The van der Waals surface area contributed by atoms with Crippen molar-refractivity contribution in [2.45, 2.75) is 24.4 Å². The highest BCUT2D eigenvalue weighted by molar-refractivity contribution is 7.98. The highest BCUT2D eigenvalue weighted by atomic mass is 32.2. The first-order chi connectivity index (χ1) is 12.8. The molecule has 144 valence electrons. The zero-order valence-electron chi connectivity index (χ0n) is 15.8. The predicted molar refractivity (Wildman–Crippen MR) is 107 cm³/mol. The van der Waals surface area contributed by atoms with Gasteiger partial charge in [0.25, 0.3) is 11.6 Å². The van der Waals surface area contributed by atoms with Crippen LogP contribution in [0.3, 0.4) is 0 Å².